The van der Waals surface area contributed by atoms with E-state index in [0.717, 1.165) is 17.0 Å². The molecule has 0 atom stereocenters. The Hall–Kier alpha value is -5.60. The highest BCUT2D eigenvalue weighted by Crippen LogP contribution is 2.35. The van der Waals surface area contributed by atoms with E-state index in [-0.39, 0.29) is 5.39 Å². The molecule has 46 heavy (non-hydrogen) atoms. The number of H-pyrrole nitrogens is 2. The van der Waals surface area contributed by atoms with E-state index in [1.165, 1.54) is 24.4 Å². The number of benzene rings is 2. The first-order chi connectivity index (χ1) is 22.2. The molecule has 0 aliphatic carbocycles. The maximum Gasteiger partial charge on any atom is 0.433 e. The zero-order valence-corrected chi connectivity index (χ0v) is 24.5. The molecule has 4 N–H and O–H groups in total. The van der Waals surface area contributed by atoms with E-state index in [0.29, 0.717) is 72.2 Å². The van der Waals surface area contributed by atoms with Gasteiger partial charge in [-0.05, 0) is 53.9 Å². The molecule has 8 aromatic rings. The number of pyridine rings is 3. The average molecular weight is 658 g/mol. The third-order valence-electron chi connectivity index (χ3n) is 7.29. The van der Waals surface area contributed by atoms with E-state index in [4.69, 9.17) is 33.2 Å². The standard InChI is InChI=1S/C30H16Cl2F3N11/c31-19-11-37-26(32)17-4-2-15(10-18(17)19)40-28-23-21(43-45-28)6-5-20(41-23)22-12-38-27-24(42-22)29(46-44-27)39-14-1-3-16-13(9-14)7-8-36-25(16)30(33,34)35/h1-12H,(H2,40,43,45)(H2,38,39,44,46). The van der Waals surface area contributed by atoms with E-state index in [2.05, 4.69) is 46.0 Å². The number of halogens is 5. The lowest BCUT2D eigenvalue weighted by Crippen LogP contribution is -2.08. The summed E-state index contributed by atoms with van der Waals surface area (Å²) in [5, 5.41) is 23.5. The van der Waals surface area contributed by atoms with Gasteiger partial charge in [0, 0.05) is 39.9 Å². The minimum Gasteiger partial charge on any atom is -0.337 e. The number of hydrogen-bond acceptors (Lipinski definition) is 9. The molecule has 6 heterocycles. The van der Waals surface area contributed by atoms with Crippen LogP contribution >= 0.6 is 23.2 Å². The smallest absolute Gasteiger partial charge is 0.337 e. The second kappa shape index (κ2) is 10.5. The van der Waals surface area contributed by atoms with Gasteiger partial charge in [0.15, 0.2) is 28.5 Å². The fraction of sp³-hybridized carbons (Fsp3) is 0.0333. The molecule has 0 radical (unpaired) electrons. The molecule has 0 aliphatic rings. The summed E-state index contributed by atoms with van der Waals surface area (Å²) in [6, 6.07) is 15.1. The largest absolute Gasteiger partial charge is 0.433 e. The monoisotopic (exact) mass is 657 g/mol. The van der Waals surface area contributed by atoms with Crippen molar-refractivity contribution < 1.29 is 13.2 Å². The number of nitrogens with one attached hydrogen (secondary N) is 4. The molecule has 2 aromatic carbocycles. The Labute approximate surface area is 265 Å². The molecule has 6 aromatic heterocycles. The predicted octanol–water partition coefficient (Wildman–Crippen LogP) is 8.20. The summed E-state index contributed by atoms with van der Waals surface area (Å²) in [6.07, 6.45) is -0.372. The molecule has 0 amide bonds. The number of nitrogens with zero attached hydrogens (tertiary/aromatic N) is 7. The zero-order valence-electron chi connectivity index (χ0n) is 22.9. The minimum absolute atomic E-state index is 0.00445. The van der Waals surface area contributed by atoms with E-state index in [9.17, 15) is 13.2 Å². The number of alkyl halides is 3. The molecule has 0 saturated carbocycles. The number of fused-ring (bicyclic) bond motifs is 4. The number of aromatic amines is 2. The van der Waals surface area contributed by atoms with Gasteiger partial charge in [0.2, 0.25) is 0 Å². The lowest BCUT2D eigenvalue weighted by atomic mass is 10.1. The molecule has 226 valence electrons. The Morgan fingerprint density at radius 2 is 1.41 bits per heavy atom. The van der Waals surface area contributed by atoms with Crippen molar-refractivity contribution >= 4 is 90.0 Å². The van der Waals surface area contributed by atoms with Crippen LogP contribution in [0.4, 0.5) is 36.2 Å². The van der Waals surface area contributed by atoms with Gasteiger partial charge in [-0.1, -0.05) is 29.3 Å². The second-order valence-electron chi connectivity index (χ2n) is 10.2. The average Bonchev–Trinajstić information content (AvgIpc) is 3.65. The van der Waals surface area contributed by atoms with Crippen LogP contribution in [0, 0.1) is 0 Å². The molecule has 0 aliphatic heterocycles. The summed E-state index contributed by atoms with van der Waals surface area (Å²) in [7, 11) is 0. The van der Waals surface area contributed by atoms with Gasteiger partial charge in [-0.2, -0.15) is 23.4 Å². The molecule has 0 bridgehead atoms. The molecular weight excluding hydrogens is 642 g/mol. The minimum atomic E-state index is -4.57. The summed E-state index contributed by atoms with van der Waals surface area (Å²) < 4.78 is 40.2. The van der Waals surface area contributed by atoms with Crippen molar-refractivity contribution in [2.24, 2.45) is 0 Å². The van der Waals surface area contributed by atoms with Crippen LogP contribution in [0.25, 0.3) is 55.1 Å². The van der Waals surface area contributed by atoms with Crippen LogP contribution in [0.1, 0.15) is 5.69 Å². The normalized spacial score (nSPS) is 12.0. The molecule has 0 spiro atoms. The van der Waals surface area contributed by atoms with Gasteiger partial charge in [0.1, 0.15) is 16.4 Å². The van der Waals surface area contributed by atoms with Crippen LogP contribution in [-0.2, 0) is 6.18 Å². The number of rotatable bonds is 5. The van der Waals surface area contributed by atoms with Gasteiger partial charge >= 0.3 is 6.18 Å². The highest BCUT2D eigenvalue weighted by molar-refractivity contribution is 6.39. The van der Waals surface area contributed by atoms with Crippen LogP contribution < -0.4 is 10.6 Å². The third-order valence-corrected chi connectivity index (χ3v) is 7.89. The van der Waals surface area contributed by atoms with Gasteiger partial charge in [-0.25, -0.2) is 19.9 Å². The third kappa shape index (κ3) is 4.83. The molecule has 0 fully saturated rings. The van der Waals surface area contributed by atoms with Crippen molar-refractivity contribution in [2.45, 2.75) is 6.18 Å². The zero-order chi connectivity index (χ0) is 31.6. The van der Waals surface area contributed by atoms with E-state index >= 15 is 0 Å². The summed E-state index contributed by atoms with van der Waals surface area (Å²) in [6.45, 7) is 0. The highest BCUT2D eigenvalue weighted by atomic mass is 35.5. The van der Waals surface area contributed by atoms with Crippen molar-refractivity contribution in [1.29, 1.82) is 0 Å². The van der Waals surface area contributed by atoms with Crippen LogP contribution in [0.3, 0.4) is 0 Å². The molecule has 11 nitrogen and oxygen atoms in total. The van der Waals surface area contributed by atoms with Gasteiger partial charge in [-0.15, -0.1) is 0 Å². The first-order valence-electron chi connectivity index (χ1n) is 13.5. The SMILES string of the molecule is FC(F)(F)c1nccc2cc(Nc3n[nH]c4ncc(-c5ccc6[nH]nc(Nc7ccc8c(Cl)ncc(Cl)c8c7)c6n5)nc34)ccc12. The van der Waals surface area contributed by atoms with Gasteiger partial charge < -0.3 is 10.6 Å². The van der Waals surface area contributed by atoms with E-state index in [1.807, 2.05) is 24.3 Å². The Morgan fingerprint density at radius 1 is 0.674 bits per heavy atom. The molecular formula is C30H16Cl2F3N11. The Bertz CT molecular complexity index is 2480. The molecule has 16 heteroatoms. The van der Waals surface area contributed by atoms with E-state index in [1.54, 1.807) is 18.3 Å². The fourth-order valence-electron chi connectivity index (χ4n) is 5.14. The maximum absolute atomic E-state index is 13.4. The van der Waals surface area contributed by atoms with E-state index < -0.39 is 11.9 Å². The number of hydrogen-bond donors (Lipinski definition) is 4. The second-order valence-corrected chi connectivity index (χ2v) is 11.0. The number of aromatic nitrogens is 9. The van der Waals surface area contributed by atoms with Crippen molar-refractivity contribution in [3.63, 3.8) is 0 Å². The summed E-state index contributed by atoms with van der Waals surface area (Å²) >= 11 is 12.6. The lowest BCUT2D eigenvalue weighted by Gasteiger charge is -2.10. The summed E-state index contributed by atoms with van der Waals surface area (Å²) in [5.41, 5.74) is 3.35. The highest BCUT2D eigenvalue weighted by Gasteiger charge is 2.34. The lowest BCUT2D eigenvalue weighted by molar-refractivity contribution is -0.139. The van der Waals surface area contributed by atoms with Crippen LogP contribution in [0.5, 0.6) is 0 Å². The van der Waals surface area contributed by atoms with Crippen LogP contribution in [0.2, 0.25) is 10.2 Å². The summed E-state index contributed by atoms with van der Waals surface area (Å²) in [5.74, 6) is 0.818. The van der Waals surface area contributed by atoms with Crippen molar-refractivity contribution in [2.75, 3.05) is 10.6 Å². The quantitative estimate of drug-likeness (QED) is 0.134. The molecule has 0 unspecified atom stereocenters. The molecule has 8 rings (SSSR count). The van der Waals surface area contributed by atoms with Gasteiger partial charge in [-0.3, -0.25) is 15.2 Å². The van der Waals surface area contributed by atoms with Gasteiger partial charge in [0.05, 0.1) is 22.4 Å². The Balaban J connectivity index is 1.11. The van der Waals surface area contributed by atoms with Crippen molar-refractivity contribution in [3.8, 4) is 11.4 Å². The van der Waals surface area contributed by atoms with Crippen molar-refractivity contribution in [1.82, 2.24) is 45.3 Å². The summed E-state index contributed by atoms with van der Waals surface area (Å²) in [4.78, 5) is 21.6. The van der Waals surface area contributed by atoms with Crippen LogP contribution in [-0.4, -0.2) is 45.3 Å². The van der Waals surface area contributed by atoms with Crippen molar-refractivity contribution in [3.05, 3.63) is 89.1 Å². The molecule has 0 saturated heterocycles. The fourth-order valence-corrected chi connectivity index (χ4v) is 5.56. The topological polar surface area (TPSA) is 146 Å². The first kappa shape index (κ1) is 27.9. The maximum atomic E-state index is 13.4. The van der Waals surface area contributed by atoms with Gasteiger partial charge in [0.25, 0.3) is 0 Å². The number of anilines is 4. The Morgan fingerprint density at radius 3 is 2.24 bits per heavy atom. The van der Waals surface area contributed by atoms with Crippen LogP contribution in [0.15, 0.2) is 73.2 Å². The Kier molecular flexibility index (Phi) is 6.37. The predicted molar refractivity (Wildman–Crippen MR) is 170 cm³/mol. The first-order valence-corrected chi connectivity index (χ1v) is 14.3.